The molecule has 4 rings (SSSR count). The predicted molar refractivity (Wildman–Crippen MR) is 104 cm³/mol. The number of Topliss-reactive ketones (excluding diaryl/α,β-unsaturated/α-hetero) is 1. The van der Waals surface area contributed by atoms with Gasteiger partial charge in [0.05, 0.1) is 6.54 Å². The summed E-state index contributed by atoms with van der Waals surface area (Å²) < 4.78 is 26.5. The minimum Gasteiger partial charge on any atom is -0.350 e. The van der Waals surface area contributed by atoms with Crippen LogP contribution in [-0.4, -0.2) is 52.4 Å². The summed E-state index contributed by atoms with van der Waals surface area (Å²) in [5, 5.41) is 2.49. The first-order valence-electron chi connectivity index (χ1n) is 9.28. The predicted octanol–water partition coefficient (Wildman–Crippen LogP) is 1.00. The minimum absolute atomic E-state index is 0.00879. The first-order chi connectivity index (χ1) is 14.8. The van der Waals surface area contributed by atoms with Crippen LogP contribution >= 0.6 is 0 Å². The summed E-state index contributed by atoms with van der Waals surface area (Å²) in [7, 11) is 1.27. The number of nitrogens with one attached hydrogen (secondary N) is 1. The Morgan fingerprint density at radius 3 is 2.45 bits per heavy atom. The maximum absolute atomic E-state index is 13.5. The Bertz CT molecular complexity index is 1150. The Kier molecular flexibility index (Phi) is 5.05. The van der Waals surface area contributed by atoms with Crippen LogP contribution in [0.1, 0.15) is 21.5 Å². The first kappa shape index (κ1) is 20.3. The van der Waals surface area contributed by atoms with E-state index in [-0.39, 0.29) is 24.6 Å². The molecular weight excluding hydrogens is 410 g/mol. The number of amides is 3. The van der Waals surface area contributed by atoms with E-state index in [4.69, 9.17) is 0 Å². The summed E-state index contributed by atoms with van der Waals surface area (Å²) in [5.74, 6) is -4.65. The Morgan fingerprint density at radius 2 is 1.74 bits per heavy atom. The number of aliphatic imine (C=N–C) groups is 1. The lowest BCUT2D eigenvalue weighted by atomic mass is 10.1. The van der Waals surface area contributed by atoms with Crippen molar-refractivity contribution in [1.29, 1.82) is 0 Å². The van der Waals surface area contributed by atoms with Gasteiger partial charge in [-0.1, -0.05) is 18.2 Å². The quantitative estimate of drug-likeness (QED) is 0.585. The maximum atomic E-state index is 13.5. The van der Waals surface area contributed by atoms with E-state index < -0.39 is 41.2 Å². The summed E-state index contributed by atoms with van der Waals surface area (Å²) in [5.41, 5.74) is 1.24. The molecule has 2 aliphatic rings. The van der Waals surface area contributed by atoms with Gasteiger partial charge in [-0.15, -0.1) is 0 Å². The molecule has 0 aromatic heterocycles. The SMILES string of the molecule is CN1C(=O)C(=O)C(C(=O)NCc2ccc(F)cc2)N=C1N1Cc2ccc(F)cc2C1=O. The highest BCUT2D eigenvalue weighted by Crippen LogP contribution is 2.26. The van der Waals surface area contributed by atoms with Crippen molar-refractivity contribution in [1.82, 2.24) is 15.1 Å². The summed E-state index contributed by atoms with van der Waals surface area (Å²) in [6.07, 6.45) is 0. The zero-order valence-corrected chi connectivity index (χ0v) is 16.3. The number of fused-ring (bicyclic) bond motifs is 1. The fraction of sp³-hybridized carbons (Fsp3) is 0.190. The molecule has 1 N–H and O–H groups in total. The molecule has 0 saturated carbocycles. The average Bonchev–Trinajstić information content (AvgIpc) is 3.07. The van der Waals surface area contributed by atoms with Gasteiger partial charge < -0.3 is 5.32 Å². The zero-order chi connectivity index (χ0) is 22.3. The van der Waals surface area contributed by atoms with Crippen LogP contribution in [0.3, 0.4) is 0 Å². The Balaban J connectivity index is 1.58. The van der Waals surface area contributed by atoms with Crippen LogP contribution in [0, 0.1) is 11.6 Å². The van der Waals surface area contributed by atoms with Crippen LogP contribution in [-0.2, 0) is 27.5 Å². The third-order valence-electron chi connectivity index (χ3n) is 5.05. The van der Waals surface area contributed by atoms with Crippen molar-refractivity contribution in [2.24, 2.45) is 4.99 Å². The molecule has 2 heterocycles. The normalized spacial score (nSPS) is 18.2. The molecule has 0 spiro atoms. The molecule has 0 aliphatic carbocycles. The highest BCUT2D eigenvalue weighted by Gasteiger charge is 2.43. The van der Waals surface area contributed by atoms with E-state index in [0.29, 0.717) is 11.1 Å². The first-order valence-corrected chi connectivity index (χ1v) is 9.28. The number of guanidine groups is 1. The summed E-state index contributed by atoms with van der Waals surface area (Å²) in [6, 6.07) is 7.45. The zero-order valence-electron chi connectivity index (χ0n) is 16.3. The third kappa shape index (κ3) is 3.67. The number of ketones is 1. The smallest absolute Gasteiger partial charge is 0.299 e. The number of carbonyl (C=O) groups excluding carboxylic acids is 4. The van der Waals surface area contributed by atoms with Gasteiger partial charge in [0.25, 0.3) is 23.5 Å². The Hall–Kier alpha value is -3.95. The van der Waals surface area contributed by atoms with Gasteiger partial charge >= 0.3 is 0 Å². The largest absolute Gasteiger partial charge is 0.350 e. The molecule has 0 fully saturated rings. The Morgan fingerprint density at radius 1 is 1.06 bits per heavy atom. The molecule has 1 atom stereocenters. The second-order valence-corrected chi connectivity index (χ2v) is 7.10. The van der Waals surface area contributed by atoms with Gasteiger partial charge in [0.2, 0.25) is 5.96 Å². The summed E-state index contributed by atoms with van der Waals surface area (Å²) in [4.78, 5) is 56.2. The molecule has 0 saturated heterocycles. The van der Waals surface area contributed by atoms with Gasteiger partial charge in [0.1, 0.15) is 11.6 Å². The number of likely N-dealkylation sites (N-methyl/N-ethyl adjacent to an activating group) is 1. The van der Waals surface area contributed by atoms with Crippen LogP contribution in [0.25, 0.3) is 0 Å². The molecule has 2 aromatic carbocycles. The third-order valence-corrected chi connectivity index (χ3v) is 5.05. The lowest BCUT2D eigenvalue weighted by Gasteiger charge is -2.30. The van der Waals surface area contributed by atoms with Crippen molar-refractivity contribution in [3.63, 3.8) is 0 Å². The van der Waals surface area contributed by atoms with E-state index in [1.165, 1.54) is 43.4 Å². The number of carbonyl (C=O) groups is 4. The lowest BCUT2D eigenvalue weighted by Crippen LogP contribution is -2.56. The number of hydrogen-bond acceptors (Lipinski definition) is 5. The van der Waals surface area contributed by atoms with Crippen LogP contribution in [0.4, 0.5) is 8.78 Å². The van der Waals surface area contributed by atoms with Crippen molar-refractivity contribution in [2.75, 3.05) is 7.05 Å². The van der Waals surface area contributed by atoms with Gasteiger partial charge in [-0.25, -0.2) is 13.8 Å². The molecule has 0 bridgehead atoms. The molecule has 10 heteroatoms. The molecule has 2 aromatic rings. The highest BCUT2D eigenvalue weighted by molar-refractivity contribution is 6.46. The molecule has 158 valence electrons. The monoisotopic (exact) mass is 426 g/mol. The van der Waals surface area contributed by atoms with Crippen molar-refractivity contribution < 1.29 is 28.0 Å². The van der Waals surface area contributed by atoms with Crippen molar-refractivity contribution >= 4 is 29.5 Å². The molecule has 2 aliphatic heterocycles. The van der Waals surface area contributed by atoms with Gasteiger partial charge in [-0.3, -0.25) is 29.0 Å². The second-order valence-electron chi connectivity index (χ2n) is 7.10. The van der Waals surface area contributed by atoms with Crippen LogP contribution < -0.4 is 5.32 Å². The fourth-order valence-corrected chi connectivity index (χ4v) is 3.39. The van der Waals surface area contributed by atoms with Gasteiger partial charge in [0.15, 0.2) is 6.04 Å². The molecule has 1 unspecified atom stereocenters. The summed E-state index contributed by atoms with van der Waals surface area (Å²) >= 11 is 0. The van der Waals surface area contributed by atoms with Crippen LogP contribution in [0.15, 0.2) is 47.5 Å². The Labute approximate surface area is 175 Å². The molecule has 8 nitrogen and oxygen atoms in total. The van der Waals surface area contributed by atoms with E-state index in [2.05, 4.69) is 10.3 Å². The minimum atomic E-state index is -1.67. The summed E-state index contributed by atoms with van der Waals surface area (Å²) in [6.45, 7) is 0.00808. The van der Waals surface area contributed by atoms with Gasteiger partial charge in [-0.2, -0.15) is 0 Å². The van der Waals surface area contributed by atoms with Crippen molar-refractivity contribution in [3.8, 4) is 0 Å². The van der Waals surface area contributed by atoms with Crippen LogP contribution in [0.5, 0.6) is 0 Å². The number of rotatable bonds is 3. The van der Waals surface area contributed by atoms with Gasteiger partial charge in [-0.05, 0) is 35.4 Å². The number of halogens is 2. The van der Waals surface area contributed by atoms with Crippen LogP contribution in [0.2, 0.25) is 0 Å². The van der Waals surface area contributed by atoms with E-state index >= 15 is 0 Å². The van der Waals surface area contributed by atoms with E-state index in [1.54, 1.807) is 0 Å². The topological polar surface area (TPSA) is 99.2 Å². The number of hydrogen-bond donors (Lipinski definition) is 1. The van der Waals surface area contributed by atoms with E-state index in [1.807, 2.05) is 0 Å². The van der Waals surface area contributed by atoms with Crippen molar-refractivity contribution in [3.05, 3.63) is 70.8 Å². The van der Waals surface area contributed by atoms with E-state index in [9.17, 15) is 28.0 Å². The molecular formula is C21H16F2N4O4. The second kappa shape index (κ2) is 7.71. The number of benzene rings is 2. The standard InChI is InChI=1S/C21H16F2N4O4/c1-26-20(31)17(28)16(18(29)24-9-11-2-5-13(22)6-3-11)25-21(26)27-10-12-4-7-14(23)8-15(12)19(27)30/h2-8,16H,9-10H2,1H3,(H,24,29). The fourth-order valence-electron chi connectivity index (χ4n) is 3.39. The van der Waals surface area contributed by atoms with E-state index in [0.717, 1.165) is 15.9 Å². The molecule has 31 heavy (non-hydrogen) atoms. The van der Waals surface area contributed by atoms with Crippen molar-refractivity contribution in [2.45, 2.75) is 19.1 Å². The highest BCUT2D eigenvalue weighted by atomic mass is 19.1. The lowest BCUT2D eigenvalue weighted by molar-refractivity contribution is -0.145. The number of nitrogens with zero attached hydrogens (tertiary/aromatic N) is 3. The average molecular weight is 426 g/mol. The maximum Gasteiger partial charge on any atom is 0.299 e. The molecule has 3 amide bonds. The molecule has 0 radical (unpaired) electrons. The van der Waals surface area contributed by atoms with Gasteiger partial charge in [0, 0.05) is 19.2 Å².